The summed E-state index contributed by atoms with van der Waals surface area (Å²) in [5, 5.41) is 3.19. The molecule has 3 N–H and O–H groups in total. The highest BCUT2D eigenvalue weighted by atomic mass is 16.5. The van der Waals surface area contributed by atoms with Gasteiger partial charge in [-0.2, -0.15) is 0 Å². The first-order valence-corrected chi connectivity index (χ1v) is 4.26. The summed E-state index contributed by atoms with van der Waals surface area (Å²) < 4.78 is 5.14. The van der Waals surface area contributed by atoms with Crippen molar-refractivity contribution in [1.82, 2.24) is 10.3 Å². The first-order valence-electron chi connectivity index (χ1n) is 4.26. The highest BCUT2D eigenvalue weighted by molar-refractivity contribution is 5.29. The Balaban J connectivity index is 2.54. The number of hydrogen-bond acceptors (Lipinski definition) is 4. The Hall–Kier alpha value is -1.13. The molecule has 0 fully saturated rings. The lowest BCUT2D eigenvalue weighted by Gasteiger charge is -2.07. The minimum absolute atomic E-state index is 0.646. The molecular formula is C9H15N3O. The third kappa shape index (κ3) is 3.01. The minimum Gasteiger partial charge on any atom is -0.495 e. The van der Waals surface area contributed by atoms with Crippen molar-refractivity contribution in [2.45, 2.75) is 6.54 Å². The van der Waals surface area contributed by atoms with Crippen LogP contribution in [0.2, 0.25) is 0 Å². The van der Waals surface area contributed by atoms with E-state index in [1.807, 2.05) is 6.07 Å². The Morgan fingerprint density at radius 3 is 3.15 bits per heavy atom. The second-order valence-electron chi connectivity index (χ2n) is 2.65. The fourth-order valence-electron chi connectivity index (χ4n) is 1.06. The molecule has 0 amide bonds. The second kappa shape index (κ2) is 5.50. The van der Waals surface area contributed by atoms with Crippen molar-refractivity contribution in [3.63, 3.8) is 0 Å². The molecule has 0 bridgehead atoms. The highest BCUT2D eigenvalue weighted by Gasteiger charge is 2.00. The van der Waals surface area contributed by atoms with Crippen LogP contribution in [0.1, 0.15) is 5.56 Å². The summed E-state index contributed by atoms with van der Waals surface area (Å²) in [5.74, 6) is 0.812. The zero-order valence-electron chi connectivity index (χ0n) is 7.79. The number of pyridine rings is 1. The highest BCUT2D eigenvalue weighted by Crippen LogP contribution is 2.14. The fourth-order valence-corrected chi connectivity index (χ4v) is 1.06. The number of hydrogen-bond donors (Lipinski definition) is 2. The van der Waals surface area contributed by atoms with E-state index in [-0.39, 0.29) is 0 Å². The SMILES string of the molecule is COc1cnccc1CNCCN. The van der Waals surface area contributed by atoms with Gasteiger partial charge in [0.1, 0.15) is 5.75 Å². The van der Waals surface area contributed by atoms with Gasteiger partial charge in [-0.1, -0.05) is 0 Å². The standard InChI is InChI=1S/C9H15N3O/c1-13-9-7-11-4-2-8(9)6-12-5-3-10/h2,4,7,12H,3,5-6,10H2,1H3. The monoisotopic (exact) mass is 181 g/mol. The maximum Gasteiger partial charge on any atom is 0.141 e. The molecule has 0 radical (unpaired) electrons. The second-order valence-corrected chi connectivity index (χ2v) is 2.65. The van der Waals surface area contributed by atoms with E-state index in [1.54, 1.807) is 19.5 Å². The third-order valence-corrected chi connectivity index (χ3v) is 1.73. The molecule has 1 heterocycles. The van der Waals surface area contributed by atoms with Gasteiger partial charge in [0.2, 0.25) is 0 Å². The van der Waals surface area contributed by atoms with Gasteiger partial charge in [0, 0.05) is 31.4 Å². The third-order valence-electron chi connectivity index (χ3n) is 1.73. The molecule has 4 heteroatoms. The quantitative estimate of drug-likeness (QED) is 0.634. The minimum atomic E-state index is 0.646. The van der Waals surface area contributed by atoms with Crippen molar-refractivity contribution >= 4 is 0 Å². The predicted molar refractivity (Wildman–Crippen MR) is 51.6 cm³/mol. The van der Waals surface area contributed by atoms with Gasteiger partial charge in [0.15, 0.2) is 0 Å². The van der Waals surface area contributed by atoms with Gasteiger partial charge in [-0.25, -0.2) is 0 Å². The van der Waals surface area contributed by atoms with E-state index in [9.17, 15) is 0 Å². The Labute approximate surface area is 78.1 Å². The Morgan fingerprint density at radius 2 is 2.46 bits per heavy atom. The van der Waals surface area contributed by atoms with Gasteiger partial charge in [-0.3, -0.25) is 4.98 Å². The van der Waals surface area contributed by atoms with E-state index >= 15 is 0 Å². The van der Waals surface area contributed by atoms with E-state index in [4.69, 9.17) is 10.5 Å². The molecule has 1 aromatic rings. The number of ether oxygens (including phenoxy) is 1. The van der Waals surface area contributed by atoms with Crippen LogP contribution in [0.3, 0.4) is 0 Å². The lowest BCUT2D eigenvalue weighted by Crippen LogP contribution is -2.22. The summed E-state index contributed by atoms with van der Waals surface area (Å²) >= 11 is 0. The smallest absolute Gasteiger partial charge is 0.141 e. The van der Waals surface area contributed by atoms with Crippen molar-refractivity contribution in [1.29, 1.82) is 0 Å². The van der Waals surface area contributed by atoms with Gasteiger partial charge in [-0.05, 0) is 6.07 Å². The molecule has 72 valence electrons. The molecule has 0 aliphatic rings. The summed E-state index contributed by atoms with van der Waals surface area (Å²) in [4.78, 5) is 3.97. The molecule has 1 aromatic heterocycles. The molecule has 0 unspecified atom stereocenters. The number of nitrogens with one attached hydrogen (secondary N) is 1. The summed E-state index contributed by atoms with van der Waals surface area (Å²) in [6.07, 6.45) is 3.46. The van der Waals surface area contributed by atoms with Crippen LogP contribution in [0, 0.1) is 0 Å². The molecule has 0 aliphatic heterocycles. The normalized spacial score (nSPS) is 10.0. The molecule has 0 saturated carbocycles. The Morgan fingerprint density at radius 1 is 1.62 bits per heavy atom. The van der Waals surface area contributed by atoms with Crippen LogP contribution in [0.5, 0.6) is 5.75 Å². The van der Waals surface area contributed by atoms with Crippen molar-refractivity contribution in [2.24, 2.45) is 5.73 Å². The van der Waals surface area contributed by atoms with E-state index < -0.39 is 0 Å². The summed E-state index contributed by atoms with van der Waals surface area (Å²) in [6, 6.07) is 1.93. The fraction of sp³-hybridized carbons (Fsp3) is 0.444. The van der Waals surface area contributed by atoms with Crippen LogP contribution < -0.4 is 15.8 Å². The largest absolute Gasteiger partial charge is 0.495 e. The maximum absolute atomic E-state index is 5.36. The van der Waals surface area contributed by atoms with Crippen LogP contribution in [-0.4, -0.2) is 25.2 Å². The van der Waals surface area contributed by atoms with Gasteiger partial charge in [0.25, 0.3) is 0 Å². The number of nitrogens with zero attached hydrogens (tertiary/aromatic N) is 1. The van der Waals surface area contributed by atoms with Crippen LogP contribution in [0.15, 0.2) is 18.5 Å². The first kappa shape index (κ1) is 9.95. The van der Waals surface area contributed by atoms with Gasteiger partial charge in [-0.15, -0.1) is 0 Å². The molecule has 13 heavy (non-hydrogen) atoms. The number of nitrogens with two attached hydrogens (primary N) is 1. The zero-order chi connectivity index (χ0) is 9.52. The lowest BCUT2D eigenvalue weighted by atomic mass is 10.2. The van der Waals surface area contributed by atoms with Gasteiger partial charge >= 0.3 is 0 Å². The van der Waals surface area contributed by atoms with E-state index in [0.29, 0.717) is 6.54 Å². The Bertz CT molecular complexity index is 252. The molecule has 0 atom stereocenters. The molecule has 4 nitrogen and oxygen atoms in total. The molecular weight excluding hydrogens is 166 g/mol. The van der Waals surface area contributed by atoms with Crippen molar-refractivity contribution < 1.29 is 4.74 Å². The number of rotatable bonds is 5. The number of aromatic nitrogens is 1. The summed E-state index contributed by atoms with van der Waals surface area (Å²) in [7, 11) is 1.64. The van der Waals surface area contributed by atoms with Crippen molar-refractivity contribution in [2.75, 3.05) is 20.2 Å². The van der Waals surface area contributed by atoms with E-state index in [1.165, 1.54) is 0 Å². The summed E-state index contributed by atoms with van der Waals surface area (Å²) in [5.41, 5.74) is 6.46. The van der Waals surface area contributed by atoms with Crippen LogP contribution in [0.25, 0.3) is 0 Å². The van der Waals surface area contributed by atoms with Crippen LogP contribution in [-0.2, 0) is 6.54 Å². The van der Waals surface area contributed by atoms with Crippen molar-refractivity contribution in [3.05, 3.63) is 24.0 Å². The van der Waals surface area contributed by atoms with Crippen molar-refractivity contribution in [3.8, 4) is 5.75 Å². The van der Waals surface area contributed by atoms with Gasteiger partial charge < -0.3 is 15.8 Å². The van der Waals surface area contributed by atoms with E-state index in [2.05, 4.69) is 10.3 Å². The molecule has 0 aromatic carbocycles. The zero-order valence-corrected chi connectivity index (χ0v) is 7.79. The van der Waals surface area contributed by atoms with Crippen LogP contribution in [0.4, 0.5) is 0 Å². The van der Waals surface area contributed by atoms with Gasteiger partial charge in [0.05, 0.1) is 13.3 Å². The molecule has 0 aliphatic carbocycles. The lowest BCUT2D eigenvalue weighted by molar-refractivity contribution is 0.406. The van der Waals surface area contributed by atoms with Crippen LogP contribution >= 0.6 is 0 Å². The Kier molecular flexibility index (Phi) is 4.21. The summed E-state index contributed by atoms with van der Waals surface area (Å²) in [6.45, 7) is 2.22. The number of methoxy groups -OCH3 is 1. The first-order chi connectivity index (χ1) is 6.38. The maximum atomic E-state index is 5.36. The van der Waals surface area contributed by atoms with E-state index in [0.717, 1.165) is 24.4 Å². The molecule has 0 spiro atoms. The average molecular weight is 181 g/mol. The topological polar surface area (TPSA) is 60.2 Å². The average Bonchev–Trinajstić information content (AvgIpc) is 2.19. The predicted octanol–water partition coefficient (Wildman–Crippen LogP) is 0.138. The molecule has 1 rings (SSSR count). The molecule has 0 saturated heterocycles.